The molecule has 4 rings (SSSR count). The Kier molecular flexibility index (Phi) is 11.0. The third kappa shape index (κ3) is 8.54. The predicted octanol–water partition coefficient (Wildman–Crippen LogP) is 5.50. The van der Waals surface area contributed by atoms with Crippen molar-refractivity contribution in [2.75, 3.05) is 46.8 Å². The zero-order valence-electron chi connectivity index (χ0n) is 24.2. The molecule has 40 heavy (non-hydrogen) atoms. The van der Waals surface area contributed by atoms with Gasteiger partial charge < -0.3 is 19.0 Å². The number of amides is 1. The lowest BCUT2D eigenvalue weighted by Crippen LogP contribution is -2.42. The lowest BCUT2D eigenvalue weighted by molar-refractivity contribution is -0.150. The standard InChI is InChI=1S/C33H43N3O4/c1-4-5-19-34(2)25-29-15-16-31(39-29)33(38)35(3)22-23-36-20-17-28(18-21-36)40-32(37)24-27-13-9-10-14-30(27)26-11-7-6-8-12-26/h6-16,28H,4-5,17-25H2,1-3H3. The lowest BCUT2D eigenvalue weighted by Gasteiger charge is -2.32. The zero-order chi connectivity index (χ0) is 28.3. The van der Waals surface area contributed by atoms with Gasteiger partial charge >= 0.3 is 5.97 Å². The Morgan fingerprint density at radius 2 is 1.68 bits per heavy atom. The lowest BCUT2D eigenvalue weighted by atomic mass is 9.98. The van der Waals surface area contributed by atoms with Gasteiger partial charge in [0.1, 0.15) is 11.9 Å². The molecule has 1 aromatic heterocycles. The molecule has 0 radical (unpaired) electrons. The second-order valence-corrected chi connectivity index (χ2v) is 10.8. The molecule has 2 aromatic carbocycles. The summed E-state index contributed by atoms with van der Waals surface area (Å²) in [4.78, 5) is 31.9. The summed E-state index contributed by atoms with van der Waals surface area (Å²) >= 11 is 0. The van der Waals surface area contributed by atoms with Crippen LogP contribution in [0, 0.1) is 0 Å². The van der Waals surface area contributed by atoms with Crippen LogP contribution >= 0.6 is 0 Å². The number of likely N-dealkylation sites (N-methyl/N-ethyl adjacent to an activating group) is 1. The number of likely N-dealkylation sites (tertiary alicyclic amines) is 1. The third-order valence-electron chi connectivity index (χ3n) is 7.56. The number of benzene rings is 2. The molecule has 0 saturated carbocycles. The molecular weight excluding hydrogens is 502 g/mol. The van der Waals surface area contributed by atoms with E-state index in [1.165, 1.54) is 0 Å². The molecule has 1 fully saturated rings. The first kappa shape index (κ1) is 29.6. The van der Waals surface area contributed by atoms with E-state index >= 15 is 0 Å². The molecule has 0 atom stereocenters. The van der Waals surface area contributed by atoms with E-state index in [-0.39, 0.29) is 24.4 Å². The van der Waals surface area contributed by atoms with Gasteiger partial charge in [-0.05, 0) is 61.7 Å². The van der Waals surface area contributed by atoms with E-state index in [1.54, 1.807) is 11.0 Å². The van der Waals surface area contributed by atoms with E-state index < -0.39 is 0 Å². The van der Waals surface area contributed by atoms with Crippen LogP contribution in [0.25, 0.3) is 11.1 Å². The van der Waals surface area contributed by atoms with Gasteiger partial charge in [-0.15, -0.1) is 0 Å². The molecule has 2 heterocycles. The highest BCUT2D eigenvalue weighted by Crippen LogP contribution is 2.24. The minimum atomic E-state index is -0.179. The number of piperidine rings is 1. The largest absolute Gasteiger partial charge is 0.462 e. The van der Waals surface area contributed by atoms with Crippen LogP contribution in [0.4, 0.5) is 0 Å². The van der Waals surface area contributed by atoms with Gasteiger partial charge in [0.15, 0.2) is 5.76 Å². The van der Waals surface area contributed by atoms with E-state index in [9.17, 15) is 9.59 Å². The molecule has 1 saturated heterocycles. The number of unbranched alkanes of at least 4 members (excludes halogenated alkanes) is 1. The van der Waals surface area contributed by atoms with Gasteiger partial charge in [-0.3, -0.25) is 14.5 Å². The Bertz CT molecular complexity index is 1220. The van der Waals surface area contributed by atoms with Crippen molar-refractivity contribution in [3.05, 3.63) is 83.8 Å². The van der Waals surface area contributed by atoms with E-state index in [0.717, 1.165) is 74.3 Å². The predicted molar refractivity (Wildman–Crippen MR) is 158 cm³/mol. The first-order valence-corrected chi connectivity index (χ1v) is 14.5. The number of rotatable bonds is 13. The van der Waals surface area contributed by atoms with Crippen molar-refractivity contribution < 1.29 is 18.7 Å². The van der Waals surface area contributed by atoms with Crippen molar-refractivity contribution in [2.24, 2.45) is 0 Å². The molecule has 7 nitrogen and oxygen atoms in total. The molecule has 1 amide bonds. The Balaban J connectivity index is 1.18. The second-order valence-electron chi connectivity index (χ2n) is 10.8. The average Bonchev–Trinajstić information content (AvgIpc) is 3.44. The van der Waals surface area contributed by atoms with Crippen molar-refractivity contribution >= 4 is 11.9 Å². The van der Waals surface area contributed by atoms with Crippen LogP contribution in [0.2, 0.25) is 0 Å². The molecular formula is C33H43N3O4. The topological polar surface area (TPSA) is 66.2 Å². The summed E-state index contributed by atoms with van der Waals surface area (Å²) in [5.74, 6) is 0.931. The molecule has 0 N–H and O–H groups in total. The summed E-state index contributed by atoms with van der Waals surface area (Å²) in [6, 6.07) is 21.8. The first-order valence-electron chi connectivity index (χ1n) is 14.5. The van der Waals surface area contributed by atoms with Gasteiger partial charge in [0.2, 0.25) is 0 Å². The molecule has 0 aliphatic carbocycles. The normalized spacial score (nSPS) is 14.4. The number of furan rings is 1. The van der Waals surface area contributed by atoms with Crippen molar-refractivity contribution in [3.8, 4) is 11.1 Å². The van der Waals surface area contributed by atoms with E-state index in [4.69, 9.17) is 9.15 Å². The van der Waals surface area contributed by atoms with Crippen LogP contribution in [0.3, 0.4) is 0 Å². The number of hydrogen-bond donors (Lipinski definition) is 0. The SMILES string of the molecule is CCCCN(C)Cc1ccc(C(=O)N(C)CCN2CCC(OC(=O)Cc3ccccc3-c3ccccc3)CC2)o1. The van der Waals surface area contributed by atoms with Gasteiger partial charge in [-0.1, -0.05) is 67.9 Å². The minimum Gasteiger partial charge on any atom is -0.462 e. The number of esters is 1. The van der Waals surface area contributed by atoms with Crippen LogP contribution in [-0.2, 0) is 22.5 Å². The van der Waals surface area contributed by atoms with Gasteiger partial charge in [0.05, 0.1) is 13.0 Å². The summed E-state index contributed by atoms with van der Waals surface area (Å²) in [6.07, 6.45) is 4.11. The van der Waals surface area contributed by atoms with Crippen LogP contribution in [0.1, 0.15) is 54.5 Å². The fraction of sp³-hybridized carbons (Fsp3) is 0.455. The quantitative estimate of drug-likeness (QED) is 0.264. The molecule has 0 bridgehead atoms. The average molecular weight is 546 g/mol. The van der Waals surface area contributed by atoms with Crippen LogP contribution in [0.5, 0.6) is 0 Å². The van der Waals surface area contributed by atoms with Gasteiger partial charge in [0, 0.05) is 33.2 Å². The van der Waals surface area contributed by atoms with Crippen molar-refractivity contribution in [3.63, 3.8) is 0 Å². The molecule has 1 aliphatic rings. The van der Waals surface area contributed by atoms with Gasteiger partial charge in [-0.25, -0.2) is 0 Å². The summed E-state index contributed by atoms with van der Waals surface area (Å²) in [5.41, 5.74) is 3.15. The smallest absolute Gasteiger partial charge is 0.310 e. The number of nitrogens with zero attached hydrogens (tertiary/aromatic N) is 3. The minimum absolute atomic E-state index is 0.0657. The Hall–Kier alpha value is -3.42. The van der Waals surface area contributed by atoms with E-state index in [0.29, 0.717) is 18.8 Å². The Morgan fingerprint density at radius 1 is 0.950 bits per heavy atom. The maximum atomic E-state index is 12.9. The zero-order valence-corrected chi connectivity index (χ0v) is 24.2. The van der Waals surface area contributed by atoms with Gasteiger partial charge in [0.25, 0.3) is 5.91 Å². The summed E-state index contributed by atoms with van der Waals surface area (Å²) in [6.45, 7) is 6.98. The number of carbonyl (C=O) groups is 2. The summed E-state index contributed by atoms with van der Waals surface area (Å²) in [7, 11) is 3.89. The highest BCUT2D eigenvalue weighted by molar-refractivity contribution is 5.91. The second kappa shape index (κ2) is 14.8. The van der Waals surface area contributed by atoms with Crippen molar-refractivity contribution in [1.82, 2.24) is 14.7 Å². The highest BCUT2D eigenvalue weighted by Gasteiger charge is 2.24. The number of carbonyl (C=O) groups excluding carboxylic acids is 2. The highest BCUT2D eigenvalue weighted by atomic mass is 16.5. The van der Waals surface area contributed by atoms with Crippen molar-refractivity contribution in [2.45, 2.75) is 51.7 Å². The number of ether oxygens (including phenoxy) is 1. The fourth-order valence-electron chi connectivity index (χ4n) is 5.14. The monoisotopic (exact) mass is 545 g/mol. The number of hydrogen-bond acceptors (Lipinski definition) is 6. The Labute approximate surface area is 238 Å². The van der Waals surface area contributed by atoms with Crippen LogP contribution in [-0.4, -0.2) is 79.5 Å². The third-order valence-corrected chi connectivity index (χ3v) is 7.56. The molecule has 1 aliphatic heterocycles. The Morgan fingerprint density at radius 3 is 2.42 bits per heavy atom. The van der Waals surface area contributed by atoms with E-state index in [1.807, 2.05) is 49.5 Å². The first-order chi connectivity index (χ1) is 19.4. The maximum absolute atomic E-state index is 12.9. The van der Waals surface area contributed by atoms with Crippen LogP contribution in [0.15, 0.2) is 71.1 Å². The summed E-state index contributed by atoms with van der Waals surface area (Å²) < 4.78 is 11.7. The molecule has 3 aromatic rings. The maximum Gasteiger partial charge on any atom is 0.310 e. The van der Waals surface area contributed by atoms with Crippen LogP contribution < -0.4 is 0 Å². The molecule has 0 spiro atoms. The summed E-state index contributed by atoms with van der Waals surface area (Å²) in [5, 5.41) is 0. The molecule has 7 heteroatoms. The fourth-order valence-corrected chi connectivity index (χ4v) is 5.14. The molecule has 0 unspecified atom stereocenters. The van der Waals surface area contributed by atoms with Crippen molar-refractivity contribution in [1.29, 1.82) is 0 Å². The van der Waals surface area contributed by atoms with Gasteiger partial charge in [-0.2, -0.15) is 0 Å². The van der Waals surface area contributed by atoms with E-state index in [2.05, 4.69) is 42.0 Å². The molecule has 214 valence electrons.